The van der Waals surface area contributed by atoms with E-state index in [0.717, 1.165) is 87.3 Å². The van der Waals surface area contributed by atoms with E-state index in [9.17, 15) is 14.0 Å². The number of benzene rings is 2. The van der Waals surface area contributed by atoms with Crippen LogP contribution in [0.5, 0.6) is 0 Å². The van der Waals surface area contributed by atoms with E-state index in [-0.39, 0.29) is 35.6 Å². The van der Waals surface area contributed by atoms with Crippen LogP contribution in [0.2, 0.25) is 0 Å². The lowest BCUT2D eigenvalue weighted by Gasteiger charge is -2.49. The van der Waals surface area contributed by atoms with Crippen LogP contribution in [-0.4, -0.2) is 106 Å². The minimum atomic E-state index is -0.782. The van der Waals surface area contributed by atoms with Crippen LogP contribution in [0, 0.1) is 12.7 Å². The predicted molar refractivity (Wildman–Crippen MR) is 213 cm³/mol. The van der Waals surface area contributed by atoms with Crippen LogP contribution >= 0.6 is 0 Å². The number of nitrogens with one attached hydrogen (secondary N) is 2. The Kier molecular flexibility index (Phi) is 9.61. The standard InChI is InChI=1S/C43H52F2N8O3/c1-5-46-41(54)32-19-36(34(45)15-26(32)4)49-40-39-37(47-24-52(39)25(2)3)20-35(48-40)27-8-9-33-38(16-27)53(30-17-29(18-30)51-12-6-7-28(44)21-51)42(55)43(33)10-13-50(14-11-43)31-22-56-23-31/h8-9,15-16,19-20,24-25,28-31H,5-7,10-14,17-18,21-23H2,1-4H3,(H,46,54)(H,48,49)/t28-,29-,30+/m1/s1. The van der Waals surface area contributed by atoms with Gasteiger partial charge in [-0.25, -0.2) is 18.7 Å². The Morgan fingerprint density at radius 3 is 2.52 bits per heavy atom. The number of carbonyl (C=O) groups excluding carboxylic acids is 2. The van der Waals surface area contributed by atoms with Gasteiger partial charge in [0.25, 0.3) is 5.91 Å². The lowest BCUT2D eigenvalue weighted by atomic mass is 9.73. The van der Waals surface area contributed by atoms with Crippen molar-refractivity contribution >= 4 is 40.0 Å². The van der Waals surface area contributed by atoms with Crippen molar-refractivity contribution in [1.82, 2.24) is 29.7 Å². The second-order valence-corrected chi connectivity index (χ2v) is 16.8. The van der Waals surface area contributed by atoms with E-state index < -0.39 is 17.4 Å². The van der Waals surface area contributed by atoms with Crippen molar-refractivity contribution in [2.24, 2.45) is 0 Å². The number of rotatable bonds is 9. The molecule has 1 saturated carbocycles. The highest BCUT2D eigenvalue weighted by Crippen LogP contribution is 2.52. The summed E-state index contributed by atoms with van der Waals surface area (Å²) < 4.78 is 37.5. The van der Waals surface area contributed by atoms with Crippen molar-refractivity contribution in [3.05, 3.63) is 65.2 Å². The number of halogens is 2. The fourth-order valence-corrected chi connectivity index (χ4v) is 9.74. The van der Waals surface area contributed by atoms with E-state index in [2.05, 4.69) is 57.4 Å². The molecule has 1 aliphatic carbocycles. The van der Waals surface area contributed by atoms with Crippen molar-refractivity contribution in [1.29, 1.82) is 0 Å². The average molecular weight is 767 g/mol. The summed E-state index contributed by atoms with van der Waals surface area (Å²) in [7, 11) is 0. The summed E-state index contributed by atoms with van der Waals surface area (Å²) >= 11 is 0. The summed E-state index contributed by atoms with van der Waals surface area (Å²) in [6.07, 6.45) is 5.65. The molecule has 1 atom stereocenters. The van der Waals surface area contributed by atoms with Gasteiger partial charge in [0, 0.05) is 48.0 Å². The van der Waals surface area contributed by atoms with Crippen molar-refractivity contribution < 1.29 is 23.1 Å². The highest BCUT2D eigenvalue weighted by atomic mass is 19.1. The Bertz CT molecular complexity index is 2170. The van der Waals surface area contributed by atoms with Crippen LogP contribution in [-0.2, 0) is 14.9 Å². The molecule has 4 fully saturated rings. The molecule has 2 aromatic carbocycles. The normalized spacial score (nSPS) is 24.1. The van der Waals surface area contributed by atoms with Crippen molar-refractivity contribution in [2.45, 2.75) is 102 Å². The van der Waals surface area contributed by atoms with E-state index in [1.54, 1.807) is 13.3 Å². The summed E-state index contributed by atoms with van der Waals surface area (Å²) in [6, 6.07) is 11.9. The number of imidazole rings is 1. The summed E-state index contributed by atoms with van der Waals surface area (Å²) in [5, 5.41) is 6.07. The maximum absolute atomic E-state index is 15.6. The minimum Gasteiger partial charge on any atom is -0.378 e. The maximum atomic E-state index is 15.6. The number of piperidine rings is 2. The number of hydrogen-bond acceptors (Lipinski definition) is 8. The van der Waals surface area contributed by atoms with Gasteiger partial charge in [0.15, 0.2) is 5.82 Å². The average Bonchev–Trinajstić information content (AvgIpc) is 3.67. The number of alkyl halides is 1. The third-order valence-corrected chi connectivity index (χ3v) is 13.1. The van der Waals surface area contributed by atoms with Gasteiger partial charge in [-0.15, -0.1) is 0 Å². The number of carbonyl (C=O) groups is 2. The first-order valence-electron chi connectivity index (χ1n) is 20.5. The number of hydrogen-bond donors (Lipinski definition) is 2. The summed E-state index contributed by atoms with van der Waals surface area (Å²) in [5.41, 5.74) is 5.33. The third-order valence-electron chi connectivity index (χ3n) is 13.1. The highest BCUT2D eigenvalue weighted by Gasteiger charge is 2.56. The molecular formula is C43H52F2N8O3. The highest BCUT2D eigenvalue weighted by molar-refractivity contribution is 6.09. The van der Waals surface area contributed by atoms with Crippen LogP contribution < -0.4 is 15.5 Å². The van der Waals surface area contributed by atoms with Gasteiger partial charge in [0.2, 0.25) is 5.91 Å². The van der Waals surface area contributed by atoms with Gasteiger partial charge < -0.3 is 24.8 Å². The van der Waals surface area contributed by atoms with Gasteiger partial charge in [0.1, 0.15) is 17.5 Å². The van der Waals surface area contributed by atoms with Crippen LogP contribution in [0.1, 0.15) is 86.8 Å². The smallest absolute Gasteiger partial charge is 0.251 e. The molecule has 0 bridgehead atoms. The first-order valence-corrected chi connectivity index (χ1v) is 20.5. The van der Waals surface area contributed by atoms with Crippen LogP contribution in [0.4, 0.5) is 26.0 Å². The molecular weight excluding hydrogens is 715 g/mol. The molecule has 9 rings (SSSR count). The number of likely N-dealkylation sites (tertiary alicyclic amines) is 2. The number of fused-ring (bicyclic) bond motifs is 3. The van der Waals surface area contributed by atoms with Gasteiger partial charge in [-0.3, -0.25) is 19.4 Å². The molecule has 13 heteroatoms. The first kappa shape index (κ1) is 37.1. The van der Waals surface area contributed by atoms with Gasteiger partial charge in [0.05, 0.1) is 47.9 Å². The second-order valence-electron chi connectivity index (χ2n) is 16.8. The molecule has 2 aromatic heterocycles. The first-order chi connectivity index (χ1) is 27.0. The SMILES string of the molecule is CCNC(=O)c1cc(Nc2nc(-c3ccc4c(c3)N([C@H]3C[C@@H](N5CCC[C@@H](F)C5)C3)C(=O)C43CCN(C4COC4)CC3)cc3ncn(C(C)C)c23)c(F)cc1C. The van der Waals surface area contributed by atoms with Crippen LogP contribution in [0.15, 0.2) is 42.7 Å². The summed E-state index contributed by atoms with van der Waals surface area (Å²) in [6.45, 7) is 12.7. The predicted octanol–water partition coefficient (Wildman–Crippen LogP) is 6.66. The number of aryl methyl sites for hydroxylation is 1. The zero-order valence-corrected chi connectivity index (χ0v) is 32.8. The summed E-state index contributed by atoms with van der Waals surface area (Å²) in [5.74, 6) is -0.172. The third kappa shape index (κ3) is 6.26. The van der Waals surface area contributed by atoms with Gasteiger partial charge >= 0.3 is 0 Å². The Morgan fingerprint density at radius 1 is 1.04 bits per heavy atom. The van der Waals surface area contributed by atoms with Gasteiger partial charge in [-0.1, -0.05) is 12.1 Å². The number of nitrogens with zero attached hydrogens (tertiary/aromatic N) is 6. The zero-order valence-electron chi connectivity index (χ0n) is 32.8. The molecule has 1 spiro atoms. The Balaban J connectivity index is 1.09. The van der Waals surface area contributed by atoms with Crippen LogP contribution in [0.25, 0.3) is 22.3 Å². The molecule has 0 unspecified atom stereocenters. The molecule has 56 heavy (non-hydrogen) atoms. The molecule has 4 aromatic rings. The number of anilines is 3. The van der Waals surface area contributed by atoms with E-state index in [1.165, 1.54) is 12.1 Å². The fourth-order valence-electron chi connectivity index (χ4n) is 9.74. The molecule has 6 heterocycles. The molecule has 2 amide bonds. The molecule has 296 valence electrons. The van der Waals surface area contributed by atoms with Crippen molar-refractivity contribution in [3.8, 4) is 11.3 Å². The fraction of sp³-hybridized carbons (Fsp3) is 0.535. The molecule has 5 aliphatic rings. The minimum absolute atomic E-state index is 0.0388. The molecule has 0 radical (unpaired) electrons. The Morgan fingerprint density at radius 2 is 1.82 bits per heavy atom. The lowest BCUT2D eigenvalue weighted by Crippen LogP contribution is -2.60. The summed E-state index contributed by atoms with van der Waals surface area (Å²) in [4.78, 5) is 44.5. The maximum Gasteiger partial charge on any atom is 0.251 e. The Hall–Kier alpha value is -4.46. The number of aromatic nitrogens is 3. The zero-order chi connectivity index (χ0) is 38.9. The van der Waals surface area contributed by atoms with Crippen molar-refractivity contribution in [3.63, 3.8) is 0 Å². The number of amides is 2. The monoisotopic (exact) mass is 766 g/mol. The molecule has 11 nitrogen and oxygen atoms in total. The largest absolute Gasteiger partial charge is 0.378 e. The van der Waals surface area contributed by atoms with E-state index in [1.807, 2.05) is 17.6 Å². The van der Waals surface area contributed by atoms with Gasteiger partial charge in [-0.2, -0.15) is 0 Å². The molecule has 3 saturated heterocycles. The van der Waals surface area contributed by atoms with E-state index >= 15 is 4.39 Å². The second kappa shape index (κ2) is 14.5. The molecule has 2 N–H and O–H groups in total. The van der Waals surface area contributed by atoms with E-state index in [0.29, 0.717) is 53.7 Å². The van der Waals surface area contributed by atoms with Gasteiger partial charge in [-0.05, 0) is 121 Å². The number of ether oxygens (including phenoxy) is 1. The molecule has 4 aliphatic heterocycles. The quantitative estimate of drug-likeness (QED) is 0.195. The Labute approximate surface area is 326 Å². The topological polar surface area (TPSA) is 108 Å². The van der Waals surface area contributed by atoms with Crippen LogP contribution in [0.3, 0.4) is 0 Å². The van der Waals surface area contributed by atoms with Crippen molar-refractivity contribution in [2.75, 3.05) is 56.2 Å². The van der Waals surface area contributed by atoms with E-state index in [4.69, 9.17) is 14.7 Å². The number of pyridine rings is 1. The lowest BCUT2D eigenvalue weighted by molar-refractivity contribution is -0.128.